The molecule has 2 atom stereocenters. The molecule has 1 aliphatic rings. The molecule has 184 valence electrons. The lowest BCUT2D eigenvalue weighted by Gasteiger charge is -2.35. The zero-order chi connectivity index (χ0) is 25.2. The first-order valence-corrected chi connectivity index (χ1v) is 12.9. The summed E-state index contributed by atoms with van der Waals surface area (Å²) >= 11 is 0. The van der Waals surface area contributed by atoms with Crippen molar-refractivity contribution in [3.05, 3.63) is 71.8 Å². The zero-order valence-corrected chi connectivity index (χ0v) is 20.8. The van der Waals surface area contributed by atoms with Crippen molar-refractivity contribution in [2.75, 3.05) is 25.0 Å². The maximum atomic E-state index is 13.4. The number of rotatable bonds is 6. The van der Waals surface area contributed by atoms with Gasteiger partial charge in [0.15, 0.2) is 0 Å². The largest absolute Gasteiger partial charge is 0.373 e. The van der Waals surface area contributed by atoms with Gasteiger partial charge in [0, 0.05) is 48.1 Å². The number of sulfonamides is 1. The number of nitrogens with one attached hydrogen (secondary N) is 2. The highest BCUT2D eigenvalue weighted by Crippen LogP contribution is 2.30. The fourth-order valence-corrected chi connectivity index (χ4v) is 5.76. The molecule has 0 aliphatic carbocycles. The van der Waals surface area contributed by atoms with Crippen molar-refractivity contribution in [2.45, 2.75) is 37.8 Å². The SMILES string of the molecule is CC(=O)N1CCOC(C(C)NS(=O)(=O)c2ccc(NC(=O)c3ccccc3C)c3ccccc23)C1. The van der Waals surface area contributed by atoms with Gasteiger partial charge in [-0.25, -0.2) is 13.1 Å². The van der Waals surface area contributed by atoms with E-state index in [1.807, 2.05) is 19.1 Å². The highest BCUT2D eigenvalue weighted by atomic mass is 32.2. The number of fused-ring (bicyclic) bond motifs is 1. The Morgan fingerprint density at radius 1 is 1.03 bits per heavy atom. The Labute approximate surface area is 205 Å². The maximum Gasteiger partial charge on any atom is 0.255 e. The molecule has 35 heavy (non-hydrogen) atoms. The molecule has 0 radical (unpaired) electrons. The smallest absolute Gasteiger partial charge is 0.255 e. The first kappa shape index (κ1) is 24.8. The predicted octanol–water partition coefficient (Wildman–Crippen LogP) is 3.31. The van der Waals surface area contributed by atoms with Crippen molar-refractivity contribution in [3.63, 3.8) is 0 Å². The van der Waals surface area contributed by atoms with E-state index in [-0.39, 0.29) is 16.7 Å². The predicted molar refractivity (Wildman–Crippen MR) is 135 cm³/mol. The molecule has 9 heteroatoms. The first-order valence-electron chi connectivity index (χ1n) is 11.5. The summed E-state index contributed by atoms with van der Waals surface area (Å²) in [6.45, 7) is 6.25. The molecule has 3 aromatic carbocycles. The van der Waals surface area contributed by atoms with Crippen LogP contribution in [0.25, 0.3) is 10.8 Å². The summed E-state index contributed by atoms with van der Waals surface area (Å²) < 4.78 is 35.2. The third-order valence-corrected chi connectivity index (χ3v) is 7.87. The van der Waals surface area contributed by atoms with Crippen molar-refractivity contribution < 1.29 is 22.7 Å². The molecule has 1 saturated heterocycles. The maximum absolute atomic E-state index is 13.4. The van der Waals surface area contributed by atoms with Crippen LogP contribution >= 0.6 is 0 Å². The van der Waals surface area contributed by atoms with Crippen LogP contribution in [0.5, 0.6) is 0 Å². The van der Waals surface area contributed by atoms with Crippen LogP contribution < -0.4 is 10.0 Å². The summed E-state index contributed by atoms with van der Waals surface area (Å²) in [5.41, 5.74) is 1.92. The van der Waals surface area contributed by atoms with Crippen LogP contribution in [-0.4, -0.2) is 57.0 Å². The number of nitrogens with zero attached hydrogens (tertiary/aromatic N) is 1. The topological polar surface area (TPSA) is 105 Å². The molecule has 2 amide bonds. The Kier molecular flexibility index (Phi) is 7.20. The van der Waals surface area contributed by atoms with Crippen LogP contribution in [0.1, 0.15) is 29.8 Å². The fourth-order valence-electron chi connectivity index (χ4n) is 4.28. The molecule has 1 aliphatic heterocycles. The number of amides is 2. The van der Waals surface area contributed by atoms with Gasteiger partial charge in [-0.1, -0.05) is 42.5 Å². The van der Waals surface area contributed by atoms with E-state index < -0.39 is 22.2 Å². The van der Waals surface area contributed by atoms with Gasteiger partial charge in [-0.2, -0.15) is 0 Å². The molecule has 8 nitrogen and oxygen atoms in total. The van der Waals surface area contributed by atoms with E-state index in [0.717, 1.165) is 5.56 Å². The number of ether oxygens (including phenoxy) is 1. The van der Waals surface area contributed by atoms with Crippen LogP contribution in [0.4, 0.5) is 5.69 Å². The average Bonchev–Trinajstić information content (AvgIpc) is 2.84. The van der Waals surface area contributed by atoms with Gasteiger partial charge in [0.1, 0.15) is 0 Å². The lowest BCUT2D eigenvalue weighted by molar-refractivity contribution is -0.137. The van der Waals surface area contributed by atoms with E-state index in [2.05, 4.69) is 10.0 Å². The number of carbonyl (C=O) groups excluding carboxylic acids is 2. The highest BCUT2D eigenvalue weighted by molar-refractivity contribution is 7.89. The summed E-state index contributed by atoms with van der Waals surface area (Å²) in [6, 6.07) is 16.9. The third-order valence-electron chi connectivity index (χ3n) is 6.25. The highest BCUT2D eigenvalue weighted by Gasteiger charge is 2.30. The number of anilines is 1. The lowest BCUT2D eigenvalue weighted by Crippen LogP contribution is -2.53. The number of morpholine rings is 1. The van der Waals surface area contributed by atoms with Crippen molar-refractivity contribution in [3.8, 4) is 0 Å². The van der Waals surface area contributed by atoms with Crippen LogP contribution in [0, 0.1) is 6.92 Å². The van der Waals surface area contributed by atoms with E-state index in [1.165, 1.54) is 13.0 Å². The number of hydrogen-bond donors (Lipinski definition) is 2. The molecule has 4 rings (SSSR count). The van der Waals surface area contributed by atoms with Crippen molar-refractivity contribution in [1.29, 1.82) is 0 Å². The Hall–Kier alpha value is -3.27. The van der Waals surface area contributed by atoms with Gasteiger partial charge in [-0.05, 0) is 37.6 Å². The van der Waals surface area contributed by atoms with Gasteiger partial charge >= 0.3 is 0 Å². The molecule has 0 aromatic heterocycles. The quantitative estimate of drug-likeness (QED) is 0.546. The van der Waals surface area contributed by atoms with Gasteiger partial charge in [0.05, 0.1) is 17.6 Å². The number of aryl methyl sites for hydroxylation is 1. The molecular formula is C26H29N3O5S. The van der Waals surface area contributed by atoms with Crippen molar-refractivity contribution in [1.82, 2.24) is 9.62 Å². The standard InChI is InChI=1S/C26H29N3O5S/c1-17-8-4-5-9-20(17)26(31)27-23-12-13-25(22-11-7-6-10-21(22)23)35(32,33)28-18(2)24-16-29(19(3)30)14-15-34-24/h4-13,18,24,28H,14-16H2,1-3H3,(H,27,31). The van der Waals surface area contributed by atoms with E-state index in [9.17, 15) is 18.0 Å². The zero-order valence-electron chi connectivity index (χ0n) is 19.9. The van der Waals surface area contributed by atoms with Gasteiger partial charge in [0.25, 0.3) is 5.91 Å². The fraction of sp³-hybridized carbons (Fsp3) is 0.308. The molecule has 2 N–H and O–H groups in total. The summed E-state index contributed by atoms with van der Waals surface area (Å²) in [5, 5.41) is 4.02. The number of benzene rings is 3. The van der Waals surface area contributed by atoms with Crippen molar-refractivity contribution >= 4 is 38.3 Å². The summed E-state index contributed by atoms with van der Waals surface area (Å²) in [4.78, 5) is 26.4. The minimum Gasteiger partial charge on any atom is -0.373 e. The minimum atomic E-state index is -3.92. The van der Waals surface area contributed by atoms with E-state index >= 15 is 0 Å². The molecule has 0 saturated carbocycles. The van der Waals surface area contributed by atoms with E-state index in [0.29, 0.717) is 41.7 Å². The Morgan fingerprint density at radius 2 is 1.71 bits per heavy atom. The molecule has 0 bridgehead atoms. The Balaban J connectivity index is 1.60. The molecule has 3 aromatic rings. The van der Waals surface area contributed by atoms with Gasteiger partial charge < -0.3 is 15.0 Å². The molecule has 1 heterocycles. The van der Waals surface area contributed by atoms with Crippen LogP contribution in [0.15, 0.2) is 65.6 Å². The van der Waals surface area contributed by atoms with Gasteiger partial charge in [-0.15, -0.1) is 0 Å². The third kappa shape index (κ3) is 5.37. The number of hydrogen-bond acceptors (Lipinski definition) is 5. The van der Waals surface area contributed by atoms with Gasteiger partial charge in [0.2, 0.25) is 15.9 Å². The lowest BCUT2D eigenvalue weighted by atomic mass is 10.1. The van der Waals surface area contributed by atoms with Crippen molar-refractivity contribution in [2.24, 2.45) is 0 Å². The molecule has 0 spiro atoms. The summed E-state index contributed by atoms with van der Waals surface area (Å²) in [5.74, 6) is -0.331. The minimum absolute atomic E-state index is 0.0670. The monoisotopic (exact) mass is 495 g/mol. The normalized spacial score (nSPS) is 17.2. The van der Waals surface area contributed by atoms with Crippen LogP contribution in [-0.2, 0) is 19.6 Å². The summed E-state index contributed by atoms with van der Waals surface area (Å²) in [7, 11) is -3.92. The Morgan fingerprint density at radius 3 is 2.43 bits per heavy atom. The van der Waals surface area contributed by atoms with E-state index in [1.54, 1.807) is 54.3 Å². The second kappa shape index (κ2) is 10.2. The van der Waals surface area contributed by atoms with Gasteiger partial charge in [-0.3, -0.25) is 9.59 Å². The first-order chi connectivity index (χ1) is 16.7. The molecule has 2 unspecified atom stereocenters. The second-order valence-corrected chi connectivity index (χ2v) is 10.4. The average molecular weight is 496 g/mol. The second-order valence-electron chi connectivity index (χ2n) is 8.71. The Bertz CT molecular complexity index is 1370. The number of carbonyl (C=O) groups is 2. The van der Waals surface area contributed by atoms with E-state index in [4.69, 9.17) is 4.74 Å². The molecule has 1 fully saturated rings. The summed E-state index contributed by atoms with van der Waals surface area (Å²) in [6.07, 6.45) is -0.457. The van der Waals surface area contributed by atoms with Crippen LogP contribution in [0.2, 0.25) is 0 Å². The molecular weight excluding hydrogens is 466 g/mol. The van der Waals surface area contributed by atoms with Crippen LogP contribution in [0.3, 0.4) is 0 Å².